The van der Waals surface area contributed by atoms with Gasteiger partial charge in [0.05, 0.1) is 11.3 Å². The van der Waals surface area contributed by atoms with Crippen LogP contribution in [0, 0.1) is 13.8 Å². The van der Waals surface area contributed by atoms with Gasteiger partial charge in [0.15, 0.2) is 5.13 Å². The number of rotatable bonds is 7. The lowest BCUT2D eigenvalue weighted by atomic mass is 10.0. The van der Waals surface area contributed by atoms with E-state index in [2.05, 4.69) is 27.8 Å². The minimum absolute atomic E-state index is 0.00246. The highest BCUT2D eigenvalue weighted by Gasteiger charge is 2.15. The number of nitrogens with one attached hydrogen (secondary N) is 2. The van der Waals surface area contributed by atoms with Crippen LogP contribution in [-0.2, 0) is 11.2 Å². The summed E-state index contributed by atoms with van der Waals surface area (Å²) in [7, 11) is 0. The molecule has 0 aliphatic carbocycles. The highest BCUT2D eigenvalue weighted by molar-refractivity contribution is 7.14. The molecule has 2 heterocycles. The van der Waals surface area contributed by atoms with Crippen molar-refractivity contribution in [3.63, 3.8) is 0 Å². The Balaban J connectivity index is 1.60. The molecule has 0 saturated heterocycles. The normalized spacial score (nSPS) is 11.9. The largest absolute Gasteiger partial charge is 0.466 e. The Hall–Kier alpha value is -2.93. The quantitative estimate of drug-likeness (QED) is 0.589. The first-order chi connectivity index (χ1) is 13.8. The zero-order valence-corrected chi connectivity index (χ0v) is 17.9. The Kier molecular flexibility index (Phi) is 6.49. The molecule has 0 aliphatic heterocycles. The second-order valence-electron chi connectivity index (χ2n) is 7.16. The Morgan fingerprint density at radius 3 is 2.55 bits per heavy atom. The molecule has 7 heteroatoms. The van der Waals surface area contributed by atoms with Crippen LogP contribution in [0.25, 0.3) is 11.3 Å². The Bertz CT molecular complexity index is 1000. The van der Waals surface area contributed by atoms with Crippen LogP contribution >= 0.6 is 11.3 Å². The third-order valence-corrected chi connectivity index (χ3v) is 5.33. The summed E-state index contributed by atoms with van der Waals surface area (Å²) in [5.74, 6) is 1.08. The van der Waals surface area contributed by atoms with Crippen LogP contribution < -0.4 is 10.6 Å². The van der Waals surface area contributed by atoms with Gasteiger partial charge in [-0.3, -0.25) is 14.9 Å². The summed E-state index contributed by atoms with van der Waals surface area (Å²) < 4.78 is 5.41. The zero-order valence-electron chi connectivity index (χ0n) is 17.0. The summed E-state index contributed by atoms with van der Waals surface area (Å²) in [5.41, 5.74) is 3.55. The van der Waals surface area contributed by atoms with Gasteiger partial charge in [0, 0.05) is 23.9 Å². The van der Waals surface area contributed by atoms with Gasteiger partial charge in [-0.2, -0.15) is 0 Å². The van der Waals surface area contributed by atoms with E-state index >= 15 is 0 Å². The molecule has 0 radical (unpaired) electrons. The molecule has 29 heavy (non-hydrogen) atoms. The number of hydrogen-bond donors (Lipinski definition) is 2. The van der Waals surface area contributed by atoms with Gasteiger partial charge in [0.2, 0.25) is 5.91 Å². The Labute approximate surface area is 174 Å². The van der Waals surface area contributed by atoms with Crippen molar-refractivity contribution in [2.24, 2.45) is 0 Å². The molecule has 0 aliphatic rings. The Morgan fingerprint density at radius 1 is 1.21 bits per heavy atom. The SMILES string of the molecule is CC(=O)N[C@H](C)CCc1ccc(-c2csc(NC(=O)c3cc(C)oc3C)n2)cc1. The van der Waals surface area contributed by atoms with Gasteiger partial charge >= 0.3 is 0 Å². The molecular weight excluding hydrogens is 386 g/mol. The Morgan fingerprint density at radius 2 is 1.93 bits per heavy atom. The van der Waals surface area contributed by atoms with E-state index in [1.165, 1.54) is 23.8 Å². The number of hydrogen-bond acceptors (Lipinski definition) is 5. The minimum atomic E-state index is -0.219. The van der Waals surface area contributed by atoms with Crippen molar-refractivity contribution < 1.29 is 14.0 Å². The molecule has 3 aromatic rings. The van der Waals surface area contributed by atoms with Crippen LogP contribution in [0.5, 0.6) is 0 Å². The second kappa shape index (κ2) is 9.05. The van der Waals surface area contributed by atoms with E-state index in [-0.39, 0.29) is 17.9 Å². The third-order valence-electron chi connectivity index (χ3n) is 4.58. The number of thiazole rings is 1. The lowest BCUT2D eigenvalue weighted by molar-refractivity contribution is -0.119. The fourth-order valence-corrected chi connectivity index (χ4v) is 3.84. The number of aromatic nitrogens is 1. The maximum Gasteiger partial charge on any atom is 0.260 e. The fraction of sp³-hybridized carbons (Fsp3) is 0.318. The van der Waals surface area contributed by atoms with E-state index in [1.54, 1.807) is 13.0 Å². The molecular formula is C22H25N3O3S. The molecule has 0 spiro atoms. The van der Waals surface area contributed by atoms with Crippen LogP contribution in [0.3, 0.4) is 0 Å². The lowest BCUT2D eigenvalue weighted by Gasteiger charge is -2.12. The van der Waals surface area contributed by atoms with Gasteiger partial charge in [-0.1, -0.05) is 24.3 Å². The molecule has 6 nitrogen and oxygen atoms in total. The first kappa shape index (κ1) is 20.8. The smallest absolute Gasteiger partial charge is 0.260 e. The van der Waals surface area contributed by atoms with Gasteiger partial charge < -0.3 is 9.73 Å². The molecule has 0 bridgehead atoms. The number of carbonyl (C=O) groups excluding carboxylic acids is 2. The molecule has 0 saturated carbocycles. The summed E-state index contributed by atoms with van der Waals surface area (Å²) in [6.07, 6.45) is 1.78. The highest BCUT2D eigenvalue weighted by Crippen LogP contribution is 2.26. The van der Waals surface area contributed by atoms with E-state index in [1.807, 2.05) is 31.4 Å². The summed E-state index contributed by atoms with van der Waals surface area (Å²) in [4.78, 5) is 28.0. The maximum absolute atomic E-state index is 12.4. The first-order valence-corrected chi connectivity index (χ1v) is 10.4. The van der Waals surface area contributed by atoms with E-state index in [0.717, 1.165) is 24.1 Å². The standard InChI is InChI=1S/C22H25N3O3S/c1-13(23-16(4)26)5-6-17-7-9-18(10-8-17)20-12-29-22(24-20)25-21(27)19-11-14(2)28-15(19)3/h7-13H,5-6H2,1-4H3,(H,23,26)(H,24,25,27)/t13-/m1/s1. The molecule has 2 N–H and O–H groups in total. The minimum Gasteiger partial charge on any atom is -0.466 e. The number of furan rings is 1. The van der Waals surface area contributed by atoms with Crippen LogP contribution in [-0.4, -0.2) is 22.8 Å². The van der Waals surface area contributed by atoms with Gasteiger partial charge in [0.1, 0.15) is 11.5 Å². The lowest BCUT2D eigenvalue weighted by Crippen LogP contribution is -2.30. The van der Waals surface area contributed by atoms with Gasteiger partial charge in [-0.15, -0.1) is 11.3 Å². The van der Waals surface area contributed by atoms with Crippen LogP contribution in [0.2, 0.25) is 0 Å². The molecule has 2 aromatic heterocycles. The van der Waals surface area contributed by atoms with E-state index in [9.17, 15) is 9.59 Å². The molecule has 3 rings (SSSR count). The summed E-state index contributed by atoms with van der Waals surface area (Å²) >= 11 is 1.39. The monoisotopic (exact) mass is 411 g/mol. The van der Waals surface area contributed by atoms with Crippen molar-refractivity contribution in [2.45, 2.75) is 46.6 Å². The van der Waals surface area contributed by atoms with Crippen LogP contribution in [0.4, 0.5) is 5.13 Å². The van der Waals surface area contributed by atoms with Crippen molar-refractivity contribution >= 4 is 28.3 Å². The number of aryl methyl sites for hydroxylation is 3. The first-order valence-electron chi connectivity index (χ1n) is 9.52. The number of carbonyl (C=O) groups is 2. The molecule has 2 amide bonds. The van der Waals surface area contributed by atoms with E-state index < -0.39 is 0 Å². The van der Waals surface area contributed by atoms with Crippen molar-refractivity contribution in [3.05, 3.63) is 58.4 Å². The summed E-state index contributed by atoms with van der Waals surface area (Å²) in [5, 5.41) is 8.21. The molecule has 0 unspecified atom stereocenters. The maximum atomic E-state index is 12.4. The highest BCUT2D eigenvalue weighted by atomic mass is 32.1. The molecule has 1 aromatic carbocycles. The molecule has 0 fully saturated rings. The number of benzene rings is 1. The zero-order chi connectivity index (χ0) is 21.0. The average molecular weight is 412 g/mol. The van der Waals surface area contributed by atoms with Crippen LogP contribution in [0.15, 0.2) is 40.1 Å². The van der Waals surface area contributed by atoms with Crippen molar-refractivity contribution in [3.8, 4) is 11.3 Å². The number of anilines is 1. The fourth-order valence-electron chi connectivity index (χ4n) is 3.13. The van der Waals surface area contributed by atoms with E-state index in [0.29, 0.717) is 22.2 Å². The average Bonchev–Trinajstić information content (AvgIpc) is 3.26. The third kappa shape index (κ3) is 5.54. The van der Waals surface area contributed by atoms with Crippen molar-refractivity contribution in [1.82, 2.24) is 10.3 Å². The van der Waals surface area contributed by atoms with Crippen molar-refractivity contribution in [2.75, 3.05) is 5.32 Å². The van der Waals surface area contributed by atoms with Gasteiger partial charge in [0.25, 0.3) is 5.91 Å². The second-order valence-corrected chi connectivity index (χ2v) is 8.01. The summed E-state index contributed by atoms with van der Waals surface area (Å²) in [6, 6.07) is 10.1. The summed E-state index contributed by atoms with van der Waals surface area (Å²) in [6.45, 7) is 7.13. The van der Waals surface area contributed by atoms with Crippen LogP contribution in [0.1, 0.15) is 47.7 Å². The molecule has 1 atom stereocenters. The number of nitrogens with zero attached hydrogens (tertiary/aromatic N) is 1. The predicted molar refractivity (Wildman–Crippen MR) is 115 cm³/mol. The molecule has 152 valence electrons. The van der Waals surface area contributed by atoms with Crippen molar-refractivity contribution in [1.29, 1.82) is 0 Å². The topological polar surface area (TPSA) is 84.2 Å². The predicted octanol–water partition coefficient (Wildman–Crippen LogP) is 4.73. The number of amides is 2. The van der Waals surface area contributed by atoms with Gasteiger partial charge in [-0.05, 0) is 45.2 Å². The van der Waals surface area contributed by atoms with E-state index in [4.69, 9.17) is 4.42 Å². The van der Waals surface area contributed by atoms with Gasteiger partial charge in [-0.25, -0.2) is 4.98 Å².